The van der Waals surface area contributed by atoms with Crippen molar-refractivity contribution in [1.29, 1.82) is 0 Å². The van der Waals surface area contributed by atoms with E-state index in [1.54, 1.807) is 13.2 Å². The summed E-state index contributed by atoms with van der Waals surface area (Å²) in [4.78, 5) is 7.90. The molecule has 4 rings (SSSR count). The molecule has 1 aromatic heterocycles. The number of fused-ring (bicyclic) bond motifs is 1. The SMILES string of the molecule is COc1ccc(-c2nc3ccccc3[nH]2)cc1OCc1ccc(F)cc1Cl. The minimum absolute atomic E-state index is 0.194. The van der Waals surface area contributed by atoms with Crippen molar-refractivity contribution < 1.29 is 13.9 Å². The maximum atomic E-state index is 13.2. The van der Waals surface area contributed by atoms with E-state index in [0.717, 1.165) is 22.4 Å². The van der Waals surface area contributed by atoms with Gasteiger partial charge in [-0.05, 0) is 42.5 Å². The van der Waals surface area contributed by atoms with Gasteiger partial charge in [0, 0.05) is 11.1 Å². The van der Waals surface area contributed by atoms with Crippen LogP contribution in [0.4, 0.5) is 4.39 Å². The smallest absolute Gasteiger partial charge is 0.162 e. The van der Waals surface area contributed by atoms with Gasteiger partial charge >= 0.3 is 0 Å². The minimum Gasteiger partial charge on any atom is -0.493 e. The number of halogens is 2. The van der Waals surface area contributed by atoms with Crippen molar-refractivity contribution in [3.63, 3.8) is 0 Å². The first kappa shape index (κ1) is 17.4. The third kappa shape index (κ3) is 3.59. The molecule has 136 valence electrons. The normalized spacial score (nSPS) is 10.9. The van der Waals surface area contributed by atoms with Crippen LogP contribution in [0.1, 0.15) is 5.56 Å². The predicted molar refractivity (Wildman–Crippen MR) is 104 cm³/mol. The molecule has 3 aromatic carbocycles. The number of benzene rings is 3. The Morgan fingerprint density at radius 1 is 1.04 bits per heavy atom. The van der Waals surface area contributed by atoms with E-state index in [1.807, 2.05) is 42.5 Å². The summed E-state index contributed by atoms with van der Waals surface area (Å²) in [7, 11) is 1.58. The van der Waals surface area contributed by atoms with Crippen molar-refractivity contribution in [3.8, 4) is 22.9 Å². The zero-order valence-corrected chi connectivity index (χ0v) is 15.3. The molecule has 0 radical (unpaired) electrons. The highest BCUT2D eigenvalue weighted by Gasteiger charge is 2.11. The Hall–Kier alpha value is -3.05. The monoisotopic (exact) mass is 382 g/mol. The number of rotatable bonds is 5. The van der Waals surface area contributed by atoms with Gasteiger partial charge in [0.15, 0.2) is 11.5 Å². The minimum atomic E-state index is -0.381. The molecule has 6 heteroatoms. The largest absolute Gasteiger partial charge is 0.493 e. The number of methoxy groups -OCH3 is 1. The number of aromatic nitrogens is 2. The zero-order chi connectivity index (χ0) is 18.8. The topological polar surface area (TPSA) is 47.1 Å². The van der Waals surface area contributed by atoms with Crippen LogP contribution < -0.4 is 9.47 Å². The number of para-hydroxylation sites is 2. The lowest BCUT2D eigenvalue weighted by atomic mass is 10.2. The molecular weight excluding hydrogens is 367 g/mol. The first-order valence-corrected chi connectivity index (χ1v) is 8.72. The molecule has 0 bridgehead atoms. The lowest BCUT2D eigenvalue weighted by Gasteiger charge is -2.12. The van der Waals surface area contributed by atoms with Crippen LogP contribution in [-0.4, -0.2) is 17.1 Å². The van der Waals surface area contributed by atoms with Crippen LogP contribution in [0.2, 0.25) is 5.02 Å². The summed E-state index contributed by atoms with van der Waals surface area (Å²) in [5.41, 5.74) is 3.41. The molecule has 0 saturated carbocycles. The highest BCUT2D eigenvalue weighted by atomic mass is 35.5. The number of nitrogens with zero attached hydrogens (tertiary/aromatic N) is 1. The van der Waals surface area contributed by atoms with Gasteiger partial charge in [-0.15, -0.1) is 0 Å². The van der Waals surface area contributed by atoms with Gasteiger partial charge in [-0.2, -0.15) is 0 Å². The van der Waals surface area contributed by atoms with E-state index in [9.17, 15) is 4.39 Å². The maximum Gasteiger partial charge on any atom is 0.162 e. The molecular formula is C21H16ClFN2O2. The van der Waals surface area contributed by atoms with Crippen LogP contribution in [0.5, 0.6) is 11.5 Å². The summed E-state index contributed by atoms with van der Waals surface area (Å²) in [5.74, 6) is 1.50. The Balaban J connectivity index is 1.64. The molecule has 0 atom stereocenters. The van der Waals surface area contributed by atoms with E-state index in [1.165, 1.54) is 12.1 Å². The van der Waals surface area contributed by atoms with Gasteiger partial charge < -0.3 is 14.5 Å². The summed E-state index contributed by atoms with van der Waals surface area (Å²) >= 11 is 6.08. The van der Waals surface area contributed by atoms with E-state index < -0.39 is 0 Å². The summed E-state index contributed by atoms with van der Waals surface area (Å²) in [5, 5.41) is 0.322. The Morgan fingerprint density at radius 3 is 2.67 bits per heavy atom. The van der Waals surface area contributed by atoms with Crippen molar-refractivity contribution >= 4 is 22.6 Å². The molecule has 0 amide bonds. The second kappa shape index (κ2) is 7.29. The zero-order valence-electron chi connectivity index (χ0n) is 14.5. The van der Waals surface area contributed by atoms with Crippen molar-refractivity contribution in [3.05, 3.63) is 77.1 Å². The Bertz CT molecular complexity index is 1080. The summed E-state index contributed by atoms with van der Waals surface area (Å²) in [6, 6.07) is 17.6. The molecule has 1 heterocycles. The number of nitrogens with one attached hydrogen (secondary N) is 1. The van der Waals surface area contributed by atoms with E-state index in [4.69, 9.17) is 21.1 Å². The molecule has 0 aliphatic heterocycles. The Morgan fingerprint density at radius 2 is 1.89 bits per heavy atom. The number of imidazole rings is 1. The summed E-state index contributed by atoms with van der Waals surface area (Å²) in [6.45, 7) is 0.194. The molecule has 0 spiro atoms. The quantitative estimate of drug-likeness (QED) is 0.488. The van der Waals surface area contributed by atoms with Crippen molar-refractivity contribution in [2.75, 3.05) is 7.11 Å². The molecule has 0 aliphatic rings. The summed E-state index contributed by atoms with van der Waals surface area (Å²) in [6.07, 6.45) is 0. The van der Waals surface area contributed by atoms with Crippen LogP contribution in [0.25, 0.3) is 22.4 Å². The first-order chi connectivity index (χ1) is 13.1. The van der Waals surface area contributed by atoms with Gasteiger partial charge in [0.2, 0.25) is 0 Å². The fraction of sp³-hybridized carbons (Fsp3) is 0.0952. The number of hydrogen-bond donors (Lipinski definition) is 1. The van der Waals surface area contributed by atoms with E-state index >= 15 is 0 Å². The summed E-state index contributed by atoms with van der Waals surface area (Å²) < 4.78 is 24.5. The van der Waals surface area contributed by atoms with Gasteiger partial charge in [0.25, 0.3) is 0 Å². The Labute approximate surface area is 160 Å². The first-order valence-electron chi connectivity index (χ1n) is 8.34. The van der Waals surface area contributed by atoms with Gasteiger partial charge in [-0.3, -0.25) is 0 Å². The van der Waals surface area contributed by atoms with Crippen LogP contribution in [0, 0.1) is 5.82 Å². The van der Waals surface area contributed by atoms with E-state index in [0.29, 0.717) is 22.1 Å². The van der Waals surface area contributed by atoms with E-state index in [-0.39, 0.29) is 12.4 Å². The predicted octanol–water partition coefficient (Wildman–Crippen LogP) is 5.61. The van der Waals surface area contributed by atoms with Gasteiger partial charge in [-0.1, -0.05) is 29.8 Å². The second-order valence-electron chi connectivity index (χ2n) is 5.99. The molecule has 0 unspecified atom stereocenters. The van der Waals surface area contributed by atoms with Crippen LogP contribution in [-0.2, 0) is 6.61 Å². The molecule has 0 aliphatic carbocycles. The Kier molecular flexibility index (Phi) is 4.69. The van der Waals surface area contributed by atoms with Crippen molar-refractivity contribution in [2.24, 2.45) is 0 Å². The molecule has 4 nitrogen and oxygen atoms in total. The van der Waals surface area contributed by atoms with Crippen LogP contribution >= 0.6 is 11.6 Å². The number of hydrogen-bond acceptors (Lipinski definition) is 3. The molecule has 4 aromatic rings. The molecule has 27 heavy (non-hydrogen) atoms. The van der Waals surface area contributed by atoms with Gasteiger partial charge in [-0.25, -0.2) is 9.37 Å². The van der Waals surface area contributed by atoms with Crippen molar-refractivity contribution in [1.82, 2.24) is 9.97 Å². The number of ether oxygens (including phenoxy) is 2. The maximum absolute atomic E-state index is 13.2. The van der Waals surface area contributed by atoms with Gasteiger partial charge in [0.05, 0.1) is 23.2 Å². The fourth-order valence-electron chi connectivity index (χ4n) is 2.82. The van der Waals surface area contributed by atoms with Crippen LogP contribution in [0.3, 0.4) is 0 Å². The number of H-pyrrole nitrogens is 1. The number of aromatic amines is 1. The van der Waals surface area contributed by atoms with Gasteiger partial charge in [0.1, 0.15) is 18.2 Å². The van der Waals surface area contributed by atoms with Crippen LogP contribution in [0.15, 0.2) is 60.7 Å². The third-order valence-corrected chi connectivity index (χ3v) is 4.58. The van der Waals surface area contributed by atoms with E-state index in [2.05, 4.69) is 9.97 Å². The average molecular weight is 383 g/mol. The lowest BCUT2D eigenvalue weighted by molar-refractivity contribution is 0.284. The fourth-order valence-corrected chi connectivity index (χ4v) is 3.04. The highest BCUT2D eigenvalue weighted by Crippen LogP contribution is 2.33. The molecule has 1 N–H and O–H groups in total. The van der Waals surface area contributed by atoms with Crippen molar-refractivity contribution in [2.45, 2.75) is 6.61 Å². The lowest BCUT2D eigenvalue weighted by Crippen LogP contribution is -1.99. The molecule has 0 saturated heterocycles. The highest BCUT2D eigenvalue weighted by molar-refractivity contribution is 6.31. The second-order valence-corrected chi connectivity index (χ2v) is 6.40. The third-order valence-electron chi connectivity index (χ3n) is 4.22. The molecule has 0 fully saturated rings. The standard InChI is InChI=1S/C21H16ClFN2O2/c1-26-19-9-7-13(21-24-17-4-2-3-5-18(17)25-21)10-20(19)27-12-14-6-8-15(23)11-16(14)22/h2-11H,12H2,1H3,(H,24,25). The average Bonchev–Trinajstić information content (AvgIpc) is 3.11.